The van der Waals surface area contributed by atoms with E-state index in [1.165, 1.54) is 0 Å². The lowest BCUT2D eigenvalue weighted by Gasteiger charge is -2.21. The lowest BCUT2D eigenvalue weighted by Crippen LogP contribution is -2.28. The highest BCUT2D eigenvalue weighted by molar-refractivity contribution is 7.86. The molecule has 0 aliphatic carbocycles. The Hall–Kier alpha value is -1.07. The van der Waals surface area contributed by atoms with E-state index in [9.17, 15) is 13.0 Å². The number of benzene rings is 1. The van der Waals surface area contributed by atoms with E-state index >= 15 is 0 Å². The van der Waals surface area contributed by atoms with Crippen LogP contribution < -0.4 is 5.32 Å². The fraction of sp³-hybridized carbons (Fsp3) is 0.333. The molecule has 0 fully saturated rings. The quantitative estimate of drug-likeness (QED) is 0.769. The zero-order chi connectivity index (χ0) is 10.6. The zero-order valence-electron chi connectivity index (χ0n) is 7.80. The molecule has 0 saturated heterocycles. The smallest absolute Gasteiger partial charge is 0.117 e. The second-order valence-corrected chi connectivity index (χ2v) is 4.45. The van der Waals surface area contributed by atoms with Gasteiger partial charge in [-0.05, 0) is 18.6 Å². The summed E-state index contributed by atoms with van der Waals surface area (Å²) in [5, 5.41) is 1.62. The summed E-state index contributed by atoms with van der Waals surface area (Å²) in [5.74, 6) is 0. The second kappa shape index (κ2) is 4.43. The molecule has 1 aromatic carbocycles. The van der Waals surface area contributed by atoms with Gasteiger partial charge in [-0.25, -0.2) is 8.42 Å². The van der Waals surface area contributed by atoms with Crippen LogP contribution in [0.5, 0.6) is 0 Å². The van der Waals surface area contributed by atoms with Gasteiger partial charge >= 0.3 is 0 Å². The molecule has 0 radical (unpaired) electrons. The lowest BCUT2D eigenvalue weighted by atomic mass is 10.3. The zero-order valence-corrected chi connectivity index (χ0v) is 8.62. The molecule has 1 rings (SSSR count). The third-order valence-electron chi connectivity index (χ3n) is 1.82. The standard InChI is InChI=1S/C9H13NO3S/c1-2-9(14(11,12)13)10-8-6-4-3-5-7-8/h3-7,9-10H,2H2,1H3,(H,11,12,13)/p-1. The van der Waals surface area contributed by atoms with Crippen LogP contribution in [0.25, 0.3) is 0 Å². The Morgan fingerprint density at radius 3 is 2.36 bits per heavy atom. The number of hydrogen-bond donors (Lipinski definition) is 1. The molecular weight excluding hydrogens is 202 g/mol. The van der Waals surface area contributed by atoms with Gasteiger partial charge in [-0.1, -0.05) is 25.1 Å². The molecule has 0 saturated carbocycles. The largest absolute Gasteiger partial charge is 0.746 e. The van der Waals surface area contributed by atoms with Gasteiger partial charge in [-0.3, -0.25) is 0 Å². The van der Waals surface area contributed by atoms with Gasteiger partial charge in [0.15, 0.2) is 0 Å². The molecule has 0 heterocycles. The third-order valence-corrected chi connectivity index (χ3v) is 2.97. The van der Waals surface area contributed by atoms with E-state index in [1.807, 2.05) is 6.07 Å². The minimum absolute atomic E-state index is 0.251. The molecular formula is C9H12NO3S-. The van der Waals surface area contributed by atoms with Crippen LogP contribution in [0.1, 0.15) is 13.3 Å². The summed E-state index contributed by atoms with van der Waals surface area (Å²) >= 11 is 0. The first kappa shape index (κ1) is 11.0. The van der Waals surface area contributed by atoms with Gasteiger partial charge in [0.05, 0.1) is 0 Å². The number of nitrogens with one attached hydrogen (secondary N) is 1. The van der Waals surface area contributed by atoms with Gasteiger partial charge in [0.1, 0.15) is 15.5 Å². The Labute approximate surface area is 83.7 Å². The molecule has 0 aliphatic heterocycles. The highest BCUT2D eigenvalue weighted by Gasteiger charge is 2.12. The Morgan fingerprint density at radius 1 is 1.36 bits per heavy atom. The predicted molar refractivity (Wildman–Crippen MR) is 53.8 cm³/mol. The second-order valence-electron chi connectivity index (χ2n) is 2.90. The van der Waals surface area contributed by atoms with Crippen molar-refractivity contribution >= 4 is 15.8 Å². The summed E-state index contributed by atoms with van der Waals surface area (Å²) < 4.78 is 32.2. The fourth-order valence-electron chi connectivity index (χ4n) is 1.10. The van der Waals surface area contributed by atoms with Crippen molar-refractivity contribution in [3.63, 3.8) is 0 Å². The summed E-state index contributed by atoms with van der Waals surface area (Å²) in [7, 11) is -4.27. The van der Waals surface area contributed by atoms with Crippen LogP contribution in [-0.4, -0.2) is 18.3 Å². The average molecular weight is 214 g/mol. The highest BCUT2D eigenvalue weighted by atomic mass is 32.2. The monoisotopic (exact) mass is 214 g/mol. The van der Waals surface area contributed by atoms with Gasteiger partial charge in [-0.15, -0.1) is 0 Å². The van der Waals surface area contributed by atoms with Crippen molar-refractivity contribution in [2.75, 3.05) is 5.32 Å². The van der Waals surface area contributed by atoms with Crippen LogP contribution >= 0.6 is 0 Å². The van der Waals surface area contributed by atoms with E-state index in [0.717, 1.165) is 0 Å². The molecule has 0 aromatic heterocycles. The van der Waals surface area contributed by atoms with E-state index in [-0.39, 0.29) is 6.42 Å². The molecule has 78 valence electrons. The molecule has 0 bridgehead atoms. The van der Waals surface area contributed by atoms with E-state index < -0.39 is 15.5 Å². The van der Waals surface area contributed by atoms with Crippen molar-refractivity contribution in [1.29, 1.82) is 0 Å². The van der Waals surface area contributed by atoms with E-state index in [0.29, 0.717) is 5.69 Å². The summed E-state index contributed by atoms with van der Waals surface area (Å²) in [5.41, 5.74) is 0.638. The topological polar surface area (TPSA) is 69.2 Å². The fourth-order valence-corrected chi connectivity index (χ4v) is 1.79. The minimum atomic E-state index is -4.27. The van der Waals surface area contributed by atoms with Crippen molar-refractivity contribution in [3.05, 3.63) is 30.3 Å². The third kappa shape index (κ3) is 3.01. The summed E-state index contributed by atoms with van der Waals surface area (Å²) in [4.78, 5) is 0. The highest BCUT2D eigenvalue weighted by Crippen LogP contribution is 2.11. The Balaban J connectivity index is 2.77. The first-order valence-corrected chi connectivity index (χ1v) is 5.77. The van der Waals surface area contributed by atoms with Gasteiger partial charge in [0.2, 0.25) is 0 Å². The van der Waals surface area contributed by atoms with Crippen LogP contribution in [-0.2, 0) is 10.1 Å². The van der Waals surface area contributed by atoms with Crippen LogP contribution in [0.2, 0.25) is 0 Å². The van der Waals surface area contributed by atoms with Gasteiger partial charge in [0.25, 0.3) is 0 Å². The summed E-state index contributed by atoms with van der Waals surface area (Å²) in [6, 6.07) is 8.79. The normalized spacial score (nSPS) is 13.6. The van der Waals surface area contributed by atoms with Crippen LogP contribution in [0.4, 0.5) is 5.69 Å². The molecule has 1 aromatic rings. The molecule has 4 nitrogen and oxygen atoms in total. The lowest BCUT2D eigenvalue weighted by molar-refractivity contribution is 0.450. The van der Waals surface area contributed by atoms with E-state index in [4.69, 9.17) is 0 Å². The number of para-hydroxylation sites is 1. The Bertz CT molecular complexity index is 374. The minimum Gasteiger partial charge on any atom is -0.746 e. The predicted octanol–water partition coefficient (Wildman–Crippen LogP) is 1.38. The maximum absolute atomic E-state index is 10.7. The Kier molecular flexibility index (Phi) is 3.49. The SMILES string of the molecule is CCC(Nc1ccccc1)S(=O)(=O)[O-]. The van der Waals surface area contributed by atoms with Crippen molar-refractivity contribution in [3.8, 4) is 0 Å². The Morgan fingerprint density at radius 2 is 1.93 bits per heavy atom. The molecule has 5 heteroatoms. The molecule has 14 heavy (non-hydrogen) atoms. The van der Waals surface area contributed by atoms with Gasteiger partial charge in [-0.2, -0.15) is 0 Å². The summed E-state index contributed by atoms with van der Waals surface area (Å²) in [6.45, 7) is 1.65. The van der Waals surface area contributed by atoms with Crippen LogP contribution in [0.3, 0.4) is 0 Å². The van der Waals surface area contributed by atoms with E-state index in [2.05, 4.69) is 5.32 Å². The van der Waals surface area contributed by atoms with E-state index in [1.54, 1.807) is 31.2 Å². The molecule has 0 spiro atoms. The maximum atomic E-state index is 10.7. The first-order chi connectivity index (χ1) is 6.54. The van der Waals surface area contributed by atoms with Crippen LogP contribution in [0.15, 0.2) is 30.3 Å². The molecule has 1 atom stereocenters. The van der Waals surface area contributed by atoms with Crippen molar-refractivity contribution in [1.82, 2.24) is 0 Å². The summed E-state index contributed by atoms with van der Waals surface area (Å²) in [6.07, 6.45) is 0.251. The molecule has 0 aliphatic rings. The van der Waals surface area contributed by atoms with Crippen molar-refractivity contribution < 1.29 is 13.0 Å². The maximum Gasteiger partial charge on any atom is 0.117 e. The number of hydrogen-bond acceptors (Lipinski definition) is 4. The average Bonchev–Trinajstić information content (AvgIpc) is 2.14. The number of anilines is 1. The van der Waals surface area contributed by atoms with Gasteiger partial charge < -0.3 is 9.87 Å². The van der Waals surface area contributed by atoms with Gasteiger partial charge in [0, 0.05) is 5.69 Å². The molecule has 0 amide bonds. The number of rotatable bonds is 4. The van der Waals surface area contributed by atoms with Crippen LogP contribution in [0, 0.1) is 0 Å². The molecule has 1 N–H and O–H groups in total. The van der Waals surface area contributed by atoms with Crippen molar-refractivity contribution in [2.24, 2.45) is 0 Å². The molecule has 1 unspecified atom stereocenters. The van der Waals surface area contributed by atoms with Crippen molar-refractivity contribution in [2.45, 2.75) is 18.7 Å². The first-order valence-electron chi connectivity index (χ1n) is 4.30.